The fourth-order valence-corrected chi connectivity index (χ4v) is 13.5. The Balaban J connectivity index is -0.000000368. The Labute approximate surface area is 798 Å². The molecule has 1 aliphatic heterocycles. The van der Waals surface area contributed by atoms with Crippen LogP contribution in [0, 0.1) is 6.92 Å². The summed E-state index contributed by atoms with van der Waals surface area (Å²) in [6, 6.07) is -3.76. The van der Waals surface area contributed by atoms with E-state index in [4.69, 9.17) is 28.7 Å². The molecule has 748 valence electrons. The number of nitrogens with two attached hydrogens (primary N) is 5. The first-order chi connectivity index (χ1) is 61.2. The Morgan fingerprint density at radius 1 is 0.364 bits per heavy atom. The van der Waals surface area contributed by atoms with Gasteiger partial charge in [-0.15, -0.1) is 5.06 Å². The Hall–Kier alpha value is -6.12. The van der Waals surface area contributed by atoms with Crippen molar-refractivity contribution in [3.63, 3.8) is 0 Å². The van der Waals surface area contributed by atoms with Gasteiger partial charge in [0.1, 0.15) is 23.1 Å². The number of thiol groups is 2. The molecule has 0 spiro atoms. The van der Waals surface area contributed by atoms with E-state index in [1.165, 1.54) is 91.8 Å². The van der Waals surface area contributed by atoms with Crippen LogP contribution in [0.15, 0.2) is 0 Å². The van der Waals surface area contributed by atoms with E-state index in [-0.39, 0.29) is 134 Å². The van der Waals surface area contributed by atoms with Gasteiger partial charge in [0.25, 0.3) is 11.8 Å². The average molecular weight is 1920 g/mol. The van der Waals surface area contributed by atoms with Crippen LogP contribution in [0.3, 0.4) is 0 Å². The summed E-state index contributed by atoms with van der Waals surface area (Å²) < 4.78 is 0. The topological polar surface area (TPSA) is 522 Å². The molecule has 16 N–H and O–H groups in total. The van der Waals surface area contributed by atoms with Gasteiger partial charge in [0, 0.05) is 52.6 Å². The van der Waals surface area contributed by atoms with Crippen LogP contribution in [0.2, 0.25) is 0 Å². The van der Waals surface area contributed by atoms with Crippen LogP contribution in [-0.4, -0.2) is 211 Å². The van der Waals surface area contributed by atoms with E-state index in [9.17, 15) is 86.3 Å². The highest BCUT2D eigenvalue weighted by Gasteiger charge is 2.33. The highest BCUT2D eigenvalue weighted by atomic mass is 32.2. The summed E-state index contributed by atoms with van der Waals surface area (Å²) in [6.45, 7) is 29.7. The zero-order valence-corrected chi connectivity index (χ0v) is 85.4. The van der Waals surface area contributed by atoms with Crippen LogP contribution in [0.5, 0.6) is 0 Å². The molecule has 9 atom stereocenters. The van der Waals surface area contributed by atoms with E-state index in [0.717, 1.165) is 190 Å². The van der Waals surface area contributed by atoms with E-state index in [2.05, 4.69) is 96.6 Å². The summed E-state index contributed by atoms with van der Waals surface area (Å²) in [6.07, 6.45) is 36.6. The van der Waals surface area contributed by atoms with Crippen molar-refractivity contribution in [2.24, 2.45) is 28.7 Å². The molecule has 9 unspecified atom stereocenters. The molecule has 129 heavy (non-hydrogen) atoms. The molecule has 1 rings (SSSR count). The SMILES string of the molecule is CC.CC(=O)SCC(=O)ON1C(=O)CCC1=O.CCCCCCC(N)C(=O)NCCCCC(N)C(=O)CCCCCC(NC(=O)CSCC)C(C)=O.CCCCCCC(N)C(C)=O.CCCCCCC(NC(=O)CS)C(C)=O.CCCCCCC(NC(=O)CSC(C)=O)C(C)=O.[CH2+]CCCCCC(N)C(=O)NCCCCC(N)C(=O)CCCCCC(NC(=O)CS)C(C)=O. The highest BCUT2D eigenvalue weighted by molar-refractivity contribution is 8.14. The quantitative estimate of drug-likeness (QED) is 0.0116. The second kappa shape index (κ2) is 92.3. The Morgan fingerprint density at radius 3 is 0.953 bits per heavy atom. The maximum atomic E-state index is 12.3. The molecule has 1 heterocycles. The number of carbonyl (C=O) groups is 18. The number of Topliss-reactive ketones (excluding diaryl/α,β-unsaturated/α-hetero) is 7. The molecule has 8 amide bonds. The minimum absolute atomic E-state index is 0.0207. The van der Waals surface area contributed by atoms with Crippen molar-refractivity contribution in [3.05, 3.63) is 6.92 Å². The first-order valence-corrected chi connectivity index (χ1v) is 51.6. The molecule has 0 bridgehead atoms. The largest absolute Gasteiger partial charge is 0.355 e. The molecule has 0 aromatic carbocycles. The van der Waals surface area contributed by atoms with Crippen LogP contribution in [0.25, 0.3) is 0 Å². The smallest absolute Gasteiger partial charge is 0.343 e. The number of thioether (sulfide) groups is 3. The number of unbranched alkanes of at least 4 members (excludes halogenated alkanes) is 21. The van der Waals surface area contributed by atoms with E-state index in [1.54, 1.807) is 6.92 Å². The number of hydroxylamine groups is 2. The third-order valence-corrected chi connectivity index (χ3v) is 23.1. The lowest BCUT2D eigenvalue weighted by molar-refractivity contribution is -0.195. The van der Waals surface area contributed by atoms with Gasteiger partial charge >= 0.3 is 5.97 Å². The number of amides is 8. The van der Waals surface area contributed by atoms with Crippen molar-refractivity contribution < 1.29 is 91.1 Å². The summed E-state index contributed by atoms with van der Waals surface area (Å²) in [7, 11) is 0. The highest BCUT2D eigenvalue weighted by Crippen LogP contribution is 2.17. The van der Waals surface area contributed by atoms with Crippen molar-refractivity contribution in [1.29, 1.82) is 0 Å². The standard InChI is InChI=1S/C26H50N4O4S.C24H44N4O4S.C13H23NO3S.C11H21NO2S.C9H19NO.C8H9NO5S.C2H6/c1-4-6-7-9-15-22(28)26(34)29-18-13-12-14-21(27)24(32)17-11-8-10-16-23(20(3)31)30-25(33)19-35-5-2;1-3-4-5-7-13-20(26)24(32)27-16-11-10-12-19(25)22(30)15-9-6-8-14-21(18(2)29)28-23(31)17-33;1-4-5-6-7-8-12(10(2)15)14-13(17)9-18-11(3)16;1-3-4-5-6-7-10(9(2)13)12-11(14)8-15;1-3-4-5-6-7-9(10)8(2)11;1-5(10)15-4-8(13)14-9-6(11)2-3-7(9)12;1-2/h21-23H,4-19,27-28H2,1-3H3,(H,29,34)(H,30,33);19-21H,1,3-17,25-26H2,2H3,(H2-,27,28,31,32,33);12H,4-9H2,1-3H3,(H,14,17);10,15H,3-8H2,1-2H3,(H,12,14);9H,3-7,10H2,1-2H3;2-4H2,1H3;1-2H3/p+1. The molecule has 1 aliphatic rings. The molecule has 1 saturated heterocycles. The summed E-state index contributed by atoms with van der Waals surface area (Å²) in [5, 5.41) is 16.7. The van der Waals surface area contributed by atoms with E-state index in [0.29, 0.717) is 88.1 Å². The third kappa shape index (κ3) is 85.8. The summed E-state index contributed by atoms with van der Waals surface area (Å²) in [5.41, 5.74) is 29.4. The Kier molecular flexibility index (Phi) is 95.6. The molecule has 1 fully saturated rings. The van der Waals surface area contributed by atoms with Gasteiger partial charge in [-0.25, -0.2) is 4.79 Å². The van der Waals surface area contributed by atoms with Gasteiger partial charge in [0.2, 0.25) is 35.4 Å². The van der Waals surface area contributed by atoms with E-state index in [1.807, 2.05) is 20.8 Å². The van der Waals surface area contributed by atoms with Crippen molar-refractivity contribution >= 4 is 164 Å². The second-order valence-corrected chi connectivity index (χ2v) is 36.1. The summed E-state index contributed by atoms with van der Waals surface area (Å²) >= 11 is 11.0. The van der Waals surface area contributed by atoms with Crippen LogP contribution in [-0.2, 0) is 91.1 Å². The number of carbonyl (C=O) groups excluding carboxylic acids is 18. The molecular formula is C93H173N12O19S5+. The molecule has 0 aliphatic carbocycles. The first-order valence-electron chi connectivity index (χ1n) is 47.2. The van der Waals surface area contributed by atoms with Crippen LogP contribution < -0.4 is 60.6 Å². The van der Waals surface area contributed by atoms with Crippen molar-refractivity contribution in [1.82, 2.24) is 37.0 Å². The van der Waals surface area contributed by atoms with Crippen LogP contribution in [0.1, 0.15) is 373 Å². The number of nitrogens with zero attached hydrogens (tertiary/aromatic N) is 1. The zero-order valence-electron chi connectivity index (χ0n) is 81.2. The Morgan fingerprint density at radius 2 is 0.651 bits per heavy atom. The van der Waals surface area contributed by atoms with Crippen molar-refractivity contribution in [2.75, 3.05) is 47.6 Å². The monoisotopic (exact) mass is 1920 g/mol. The zero-order chi connectivity index (χ0) is 99.3. The molecule has 36 heteroatoms. The number of hydrogen-bond donors (Lipinski definition) is 13. The molecule has 0 saturated carbocycles. The molecule has 31 nitrogen and oxygen atoms in total. The maximum absolute atomic E-state index is 12.3. The van der Waals surface area contributed by atoms with Crippen LogP contribution in [0.4, 0.5) is 0 Å². The predicted octanol–water partition coefficient (Wildman–Crippen LogP) is 12.5. The van der Waals surface area contributed by atoms with Gasteiger partial charge in [-0.2, -0.15) is 37.0 Å². The Bertz CT molecular complexity index is 3110. The van der Waals surface area contributed by atoms with Crippen molar-refractivity contribution in [2.45, 2.75) is 427 Å². The van der Waals surface area contributed by atoms with Gasteiger partial charge in [-0.1, -0.05) is 207 Å². The fourth-order valence-electron chi connectivity index (χ4n) is 12.1. The number of nitrogens with one attached hydrogen (secondary N) is 6. The number of imide groups is 1. The summed E-state index contributed by atoms with van der Waals surface area (Å²) in [4.78, 5) is 210. The third-order valence-electron chi connectivity index (χ3n) is 20.1. The van der Waals surface area contributed by atoms with Gasteiger partial charge in [-0.05, 0) is 150 Å². The van der Waals surface area contributed by atoms with Gasteiger partial charge in [-0.3, -0.25) is 81.5 Å². The van der Waals surface area contributed by atoms with Crippen molar-refractivity contribution in [3.8, 4) is 0 Å². The first kappa shape index (κ1) is 134. The molecule has 0 aromatic heterocycles. The number of rotatable bonds is 70. The molecule has 0 aromatic rings. The van der Waals surface area contributed by atoms with Gasteiger partial charge in [0.05, 0.1) is 90.7 Å². The second-order valence-electron chi connectivity index (χ2n) is 31.9. The normalized spacial score (nSPS) is 13.3. The molecule has 0 radical (unpaired) electrons. The van der Waals surface area contributed by atoms with E-state index >= 15 is 0 Å². The van der Waals surface area contributed by atoms with Gasteiger partial charge < -0.3 is 65.4 Å². The maximum Gasteiger partial charge on any atom is 0.343 e. The predicted molar refractivity (Wildman–Crippen MR) is 530 cm³/mol. The average Bonchev–Trinajstić information content (AvgIpc) is 1.73. The summed E-state index contributed by atoms with van der Waals surface area (Å²) in [5.74, 6) is -1.45. The van der Waals surface area contributed by atoms with Gasteiger partial charge in [0.15, 0.2) is 33.4 Å². The lowest BCUT2D eigenvalue weighted by Crippen LogP contribution is -2.41. The van der Waals surface area contributed by atoms with E-state index < -0.39 is 60.1 Å². The minimum atomic E-state index is -0.779. The number of hydrogen-bond acceptors (Lipinski definition) is 29. The lowest BCUT2D eigenvalue weighted by atomic mass is 9.99. The van der Waals surface area contributed by atoms with Crippen LogP contribution >= 0.6 is 60.5 Å². The lowest BCUT2D eigenvalue weighted by Gasteiger charge is -2.16. The molecular weight excluding hydrogens is 1750 g/mol. The minimum Gasteiger partial charge on any atom is -0.355 e. The fraction of sp³-hybridized carbons (Fsp3) is 0.796. The number of ketones is 7.